The van der Waals surface area contributed by atoms with Gasteiger partial charge in [0.15, 0.2) is 11.6 Å². The Labute approximate surface area is 108 Å². The third-order valence-corrected chi connectivity index (χ3v) is 2.47. The number of nitrogens with zero attached hydrogens (tertiary/aromatic N) is 3. The second-order valence-electron chi connectivity index (χ2n) is 3.90. The maximum absolute atomic E-state index is 5.50. The third kappa shape index (κ3) is 2.35. The first kappa shape index (κ1) is 11.5. The zero-order valence-corrected chi connectivity index (χ0v) is 10.4. The fraction of sp³-hybridized carbons (Fsp3) is 0.250. The zero-order valence-electron chi connectivity index (χ0n) is 10.4. The van der Waals surface area contributed by atoms with Gasteiger partial charge < -0.3 is 13.6 Å². The summed E-state index contributed by atoms with van der Waals surface area (Å²) < 4.78 is 20.9. The van der Waals surface area contributed by atoms with Gasteiger partial charge in [0.05, 0.1) is 6.26 Å². The number of aryl methyl sites for hydroxylation is 2. The van der Waals surface area contributed by atoms with Gasteiger partial charge in [-0.05, 0) is 26.0 Å². The molecule has 3 aromatic rings. The molecule has 0 amide bonds. The molecule has 0 aliphatic rings. The van der Waals surface area contributed by atoms with Crippen molar-refractivity contribution in [3.05, 3.63) is 35.7 Å². The minimum atomic E-state index is 0.111. The number of aromatic nitrogens is 3. The highest BCUT2D eigenvalue weighted by molar-refractivity contribution is 5.44. The molecule has 7 nitrogen and oxygen atoms in total. The maximum Gasteiger partial charge on any atom is 0.417 e. The number of hydrogen-bond donors (Lipinski definition) is 0. The molecule has 19 heavy (non-hydrogen) atoms. The van der Waals surface area contributed by atoms with Crippen molar-refractivity contribution in [2.75, 3.05) is 0 Å². The van der Waals surface area contributed by atoms with Gasteiger partial charge >= 0.3 is 6.08 Å². The number of hydrogen-bond acceptors (Lipinski definition) is 7. The average molecular weight is 261 g/mol. The van der Waals surface area contributed by atoms with Crippen LogP contribution < -0.4 is 4.74 Å². The summed E-state index contributed by atoms with van der Waals surface area (Å²) in [7, 11) is 0. The highest BCUT2D eigenvalue weighted by atomic mass is 16.6. The fourth-order valence-electron chi connectivity index (χ4n) is 1.53. The summed E-state index contributed by atoms with van der Waals surface area (Å²) in [5, 5.41) is 3.63. The summed E-state index contributed by atoms with van der Waals surface area (Å²) in [5.41, 5.74) is 0.655. The van der Waals surface area contributed by atoms with E-state index in [4.69, 9.17) is 18.1 Å². The Balaban J connectivity index is 1.75. The standard InChI is InChI=1S/C12H11N3O4/c1-7-9(6-17-12-13-8(2)15-19-12)14-11(18-7)10-4-3-5-16-10/h3-5H,6H2,1-2H3. The minimum absolute atomic E-state index is 0.111. The molecule has 0 aliphatic heterocycles. The van der Waals surface area contributed by atoms with Crippen LogP contribution in [0.15, 0.2) is 31.8 Å². The van der Waals surface area contributed by atoms with Crippen molar-refractivity contribution < 1.29 is 18.1 Å². The van der Waals surface area contributed by atoms with Gasteiger partial charge in [-0.15, -0.1) is 0 Å². The first-order valence-corrected chi connectivity index (χ1v) is 5.65. The van der Waals surface area contributed by atoms with Crippen molar-refractivity contribution in [1.29, 1.82) is 0 Å². The van der Waals surface area contributed by atoms with Crippen LogP contribution in [0.1, 0.15) is 17.3 Å². The highest BCUT2D eigenvalue weighted by Crippen LogP contribution is 2.22. The minimum Gasteiger partial charge on any atom is -0.459 e. The van der Waals surface area contributed by atoms with Crippen LogP contribution in [0.4, 0.5) is 0 Å². The van der Waals surface area contributed by atoms with Crippen LogP contribution in [0, 0.1) is 13.8 Å². The molecule has 7 heteroatoms. The molecule has 3 aromatic heterocycles. The van der Waals surface area contributed by atoms with Gasteiger partial charge in [0.25, 0.3) is 5.89 Å². The summed E-state index contributed by atoms with van der Waals surface area (Å²) in [5.74, 6) is 2.16. The van der Waals surface area contributed by atoms with Crippen LogP contribution in [0.3, 0.4) is 0 Å². The first-order valence-electron chi connectivity index (χ1n) is 5.65. The SMILES string of the molecule is Cc1noc(OCc2nc(-c3ccco3)oc2C)n1. The quantitative estimate of drug-likeness (QED) is 0.712. The molecular formula is C12H11N3O4. The van der Waals surface area contributed by atoms with Crippen molar-refractivity contribution in [2.45, 2.75) is 20.5 Å². The normalized spacial score (nSPS) is 10.8. The largest absolute Gasteiger partial charge is 0.459 e. The number of oxazole rings is 1. The molecule has 0 bridgehead atoms. The van der Waals surface area contributed by atoms with Crippen LogP contribution in [-0.2, 0) is 6.61 Å². The highest BCUT2D eigenvalue weighted by Gasteiger charge is 2.14. The van der Waals surface area contributed by atoms with Crippen LogP contribution in [0.25, 0.3) is 11.7 Å². The molecule has 0 N–H and O–H groups in total. The van der Waals surface area contributed by atoms with Crippen LogP contribution >= 0.6 is 0 Å². The molecule has 0 spiro atoms. The van der Waals surface area contributed by atoms with Crippen LogP contribution in [0.2, 0.25) is 0 Å². The van der Waals surface area contributed by atoms with E-state index in [-0.39, 0.29) is 12.7 Å². The zero-order chi connectivity index (χ0) is 13.2. The lowest BCUT2D eigenvalue weighted by Crippen LogP contribution is -1.97. The van der Waals surface area contributed by atoms with Gasteiger partial charge in [-0.25, -0.2) is 4.98 Å². The molecule has 0 unspecified atom stereocenters. The summed E-state index contributed by atoms with van der Waals surface area (Å²) in [6.07, 6.45) is 1.67. The topological polar surface area (TPSA) is 87.3 Å². The summed E-state index contributed by atoms with van der Waals surface area (Å²) in [6.45, 7) is 3.71. The van der Waals surface area contributed by atoms with E-state index in [1.165, 1.54) is 0 Å². The lowest BCUT2D eigenvalue weighted by molar-refractivity contribution is 0.192. The van der Waals surface area contributed by atoms with Gasteiger partial charge in [0.2, 0.25) is 0 Å². The third-order valence-electron chi connectivity index (χ3n) is 2.47. The molecular weight excluding hydrogens is 250 g/mol. The van der Waals surface area contributed by atoms with Crippen molar-refractivity contribution in [3.63, 3.8) is 0 Å². The predicted octanol–water partition coefficient (Wildman–Crippen LogP) is 2.51. The van der Waals surface area contributed by atoms with Gasteiger partial charge in [0, 0.05) is 0 Å². The van der Waals surface area contributed by atoms with E-state index in [1.54, 1.807) is 32.2 Å². The van der Waals surface area contributed by atoms with Gasteiger partial charge in [-0.1, -0.05) is 5.16 Å². The van der Waals surface area contributed by atoms with Crippen molar-refractivity contribution in [2.24, 2.45) is 0 Å². The van der Waals surface area contributed by atoms with Gasteiger partial charge in [-0.3, -0.25) is 4.52 Å². The average Bonchev–Trinajstić information content (AvgIpc) is 3.07. The van der Waals surface area contributed by atoms with Crippen molar-refractivity contribution in [1.82, 2.24) is 15.1 Å². The molecule has 3 heterocycles. The summed E-state index contributed by atoms with van der Waals surface area (Å²) in [6, 6.07) is 3.55. The lowest BCUT2D eigenvalue weighted by atomic mass is 10.4. The Kier molecular flexibility index (Phi) is 2.79. The first-order chi connectivity index (χ1) is 9.22. The lowest BCUT2D eigenvalue weighted by Gasteiger charge is -1.96. The second-order valence-corrected chi connectivity index (χ2v) is 3.90. The van der Waals surface area contributed by atoms with Crippen LogP contribution in [-0.4, -0.2) is 15.1 Å². The molecule has 3 rings (SSSR count). The van der Waals surface area contributed by atoms with E-state index >= 15 is 0 Å². The molecule has 0 saturated heterocycles. The Morgan fingerprint density at radius 3 is 2.84 bits per heavy atom. The van der Waals surface area contributed by atoms with E-state index in [0.29, 0.717) is 28.9 Å². The Bertz CT molecular complexity index is 669. The van der Waals surface area contributed by atoms with Gasteiger partial charge in [0.1, 0.15) is 18.1 Å². The summed E-state index contributed by atoms with van der Waals surface area (Å²) in [4.78, 5) is 8.23. The fourth-order valence-corrected chi connectivity index (χ4v) is 1.53. The molecule has 0 aliphatic carbocycles. The van der Waals surface area contributed by atoms with Crippen LogP contribution in [0.5, 0.6) is 6.08 Å². The molecule has 0 fully saturated rings. The van der Waals surface area contributed by atoms with E-state index in [1.807, 2.05) is 0 Å². The molecule has 0 aromatic carbocycles. The molecule has 0 saturated carbocycles. The van der Waals surface area contributed by atoms with Crippen molar-refractivity contribution >= 4 is 0 Å². The molecule has 98 valence electrons. The summed E-state index contributed by atoms with van der Waals surface area (Å²) >= 11 is 0. The van der Waals surface area contributed by atoms with E-state index in [9.17, 15) is 0 Å². The number of furan rings is 1. The van der Waals surface area contributed by atoms with E-state index < -0.39 is 0 Å². The smallest absolute Gasteiger partial charge is 0.417 e. The number of ether oxygens (including phenoxy) is 1. The van der Waals surface area contributed by atoms with E-state index in [2.05, 4.69) is 15.1 Å². The van der Waals surface area contributed by atoms with Crippen molar-refractivity contribution in [3.8, 4) is 17.7 Å². The monoisotopic (exact) mass is 261 g/mol. The molecule has 0 atom stereocenters. The van der Waals surface area contributed by atoms with E-state index in [0.717, 1.165) is 0 Å². The Morgan fingerprint density at radius 1 is 1.26 bits per heavy atom. The molecule has 0 radical (unpaired) electrons. The Hall–Kier alpha value is -2.57. The maximum atomic E-state index is 5.50. The second kappa shape index (κ2) is 4.60. The predicted molar refractivity (Wildman–Crippen MR) is 62.3 cm³/mol. The van der Waals surface area contributed by atoms with Gasteiger partial charge in [-0.2, -0.15) is 4.98 Å². The Morgan fingerprint density at radius 2 is 2.16 bits per heavy atom. The number of rotatable bonds is 4.